The van der Waals surface area contributed by atoms with Gasteiger partial charge in [-0.3, -0.25) is 4.79 Å². The zero-order valence-corrected chi connectivity index (χ0v) is 19.4. The number of carbonyl (C=O) groups excluding carboxylic acids is 1. The predicted octanol–water partition coefficient (Wildman–Crippen LogP) is 5.66. The fraction of sp³-hybridized carbons (Fsp3) is 0.0769. The number of methoxy groups -OCH3 is 1. The molecule has 0 aliphatic heterocycles. The van der Waals surface area contributed by atoms with Crippen LogP contribution in [-0.2, 0) is 6.61 Å². The summed E-state index contributed by atoms with van der Waals surface area (Å²) in [5.41, 5.74) is 4.35. The second-order valence-corrected chi connectivity index (χ2v) is 8.16. The summed E-state index contributed by atoms with van der Waals surface area (Å²) in [5, 5.41) is 15.9. The fourth-order valence-electron chi connectivity index (χ4n) is 3.26. The van der Waals surface area contributed by atoms with Gasteiger partial charge in [-0.15, -0.1) is 0 Å². The van der Waals surface area contributed by atoms with E-state index in [1.54, 1.807) is 31.4 Å². The first-order valence-electron chi connectivity index (χ1n) is 10.1. The third-order valence-corrected chi connectivity index (χ3v) is 5.51. The highest BCUT2D eigenvalue weighted by molar-refractivity contribution is 9.10. The Morgan fingerprint density at radius 3 is 2.45 bits per heavy atom. The summed E-state index contributed by atoms with van der Waals surface area (Å²) in [6, 6.07) is 23.9. The first-order valence-corrected chi connectivity index (χ1v) is 10.9. The van der Waals surface area contributed by atoms with Gasteiger partial charge in [0.25, 0.3) is 5.91 Å². The van der Waals surface area contributed by atoms with Gasteiger partial charge in [0.1, 0.15) is 12.4 Å². The number of nitrogens with one attached hydrogen (secondary N) is 1. The van der Waals surface area contributed by atoms with Gasteiger partial charge in [0, 0.05) is 4.47 Å². The van der Waals surface area contributed by atoms with Crippen LogP contribution < -0.4 is 14.9 Å². The van der Waals surface area contributed by atoms with Gasteiger partial charge in [-0.05, 0) is 64.4 Å². The average Bonchev–Trinajstić information content (AvgIpc) is 2.83. The Hall–Kier alpha value is -3.84. The quantitative estimate of drug-likeness (QED) is 0.251. The lowest BCUT2D eigenvalue weighted by Gasteiger charge is -2.11. The van der Waals surface area contributed by atoms with Gasteiger partial charge in [-0.25, -0.2) is 5.43 Å². The number of halogens is 1. The molecule has 0 unspecified atom stereocenters. The molecule has 0 radical (unpaired) electrons. The van der Waals surface area contributed by atoms with Gasteiger partial charge in [0.2, 0.25) is 0 Å². The van der Waals surface area contributed by atoms with Crippen molar-refractivity contribution in [3.63, 3.8) is 0 Å². The van der Waals surface area contributed by atoms with E-state index in [2.05, 4.69) is 26.5 Å². The van der Waals surface area contributed by atoms with Crippen LogP contribution in [0.2, 0.25) is 0 Å². The van der Waals surface area contributed by atoms with Crippen LogP contribution in [-0.4, -0.2) is 24.3 Å². The molecule has 33 heavy (non-hydrogen) atoms. The van der Waals surface area contributed by atoms with E-state index in [4.69, 9.17) is 9.47 Å². The number of aromatic hydroxyl groups is 1. The number of phenols is 1. The van der Waals surface area contributed by atoms with E-state index in [0.29, 0.717) is 23.7 Å². The zero-order chi connectivity index (χ0) is 23.2. The predicted molar refractivity (Wildman–Crippen MR) is 132 cm³/mol. The molecule has 4 aromatic carbocycles. The van der Waals surface area contributed by atoms with Crippen LogP contribution in [0.15, 0.2) is 88.4 Å². The lowest BCUT2D eigenvalue weighted by atomic mass is 10.1. The molecule has 0 fully saturated rings. The van der Waals surface area contributed by atoms with E-state index < -0.39 is 5.91 Å². The Kier molecular flexibility index (Phi) is 6.90. The number of phenolic OH excluding ortho intramolecular Hbond substituents is 1. The summed E-state index contributed by atoms with van der Waals surface area (Å²) >= 11 is 3.42. The number of carbonyl (C=O) groups is 1. The molecule has 166 valence electrons. The number of hydrazone groups is 1. The van der Waals surface area contributed by atoms with Crippen molar-refractivity contribution < 1.29 is 19.4 Å². The molecule has 0 atom stereocenters. The van der Waals surface area contributed by atoms with Crippen LogP contribution in [0.25, 0.3) is 10.8 Å². The van der Waals surface area contributed by atoms with Gasteiger partial charge >= 0.3 is 0 Å². The summed E-state index contributed by atoms with van der Waals surface area (Å²) in [5.74, 6) is 0.545. The smallest absolute Gasteiger partial charge is 0.275 e. The molecule has 4 rings (SSSR count). The van der Waals surface area contributed by atoms with Gasteiger partial charge in [-0.2, -0.15) is 5.10 Å². The molecule has 0 bridgehead atoms. The molecule has 0 aliphatic rings. The van der Waals surface area contributed by atoms with Crippen molar-refractivity contribution in [2.45, 2.75) is 6.61 Å². The number of hydrogen-bond donors (Lipinski definition) is 2. The van der Waals surface area contributed by atoms with Gasteiger partial charge in [0.05, 0.1) is 18.9 Å². The molecule has 0 saturated heterocycles. The first-order chi connectivity index (χ1) is 16.0. The number of rotatable bonds is 7. The lowest BCUT2D eigenvalue weighted by molar-refractivity contribution is 0.0952. The Morgan fingerprint density at radius 2 is 1.73 bits per heavy atom. The number of ether oxygens (including phenoxy) is 2. The highest BCUT2D eigenvalue weighted by Gasteiger charge is 2.12. The van der Waals surface area contributed by atoms with Crippen molar-refractivity contribution in [1.82, 2.24) is 5.43 Å². The Balaban J connectivity index is 1.42. The Labute approximate surface area is 199 Å². The summed E-state index contributed by atoms with van der Waals surface area (Å²) in [4.78, 5) is 12.5. The maximum Gasteiger partial charge on any atom is 0.275 e. The summed E-state index contributed by atoms with van der Waals surface area (Å²) in [6.45, 7) is 0.405. The van der Waals surface area contributed by atoms with Crippen molar-refractivity contribution in [2.75, 3.05) is 7.11 Å². The van der Waals surface area contributed by atoms with Crippen LogP contribution in [0, 0.1) is 0 Å². The molecular weight excluding hydrogens is 484 g/mol. The monoisotopic (exact) mass is 504 g/mol. The number of hydrogen-bond acceptors (Lipinski definition) is 5. The average molecular weight is 505 g/mol. The highest BCUT2D eigenvalue weighted by Crippen LogP contribution is 2.29. The molecule has 0 heterocycles. The van der Waals surface area contributed by atoms with E-state index >= 15 is 0 Å². The summed E-state index contributed by atoms with van der Waals surface area (Å²) in [6.07, 6.45) is 1.50. The third-order valence-electron chi connectivity index (χ3n) is 4.98. The van der Waals surface area contributed by atoms with Crippen LogP contribution in [0.4, 0.5) is 0 Å². The minimum Gasteiger partial charge on any atom is -0.507 e. The van der Waals surface area contributed by atoms with Crippen molar-refractivity contribution in [1.29, 1.82) is 0 Å². The molecular formula is C26H21BrN2O4. The maximum absolute atomic E-state index is 12.5. The normalized spacial score (nSPS) is 11.0. The zero-order valence-electron chi connectivity index (χ0n) is 17.8. The third kappa shape index (κ3) is 5.51. The van der Waals surface area contributed by atoms with Crippen molar-refractivity contribution in [3.8, 4) is 17.2 Å². The van der Waals surface area contributed by atoms with Gasteiger partial charge in [0.15, 0.2) is 11.5 Å². The fourth-order valence-corrected chi connectivity index (χ4v) is 3.53. The molecule has 6 nitrogen and oxygen atoms in total. The van der Waals surface area contributed by atoms with Crippen LogP contribution >= 0.6 is 15.9 Å². The van der Waals surface area contributed by atoms with Crippen LogP contribution in [0.3, 0.4) is 0 Å². The first kappa shape index (κ1) is 22.4. The molecule has 0 aromatic heterocycles. The van der Waals surface area contributed by atoms with Crippen LogP contribution in [0.1, 0.15) is 21.5 Å². The molecule has 7 heteroatoms. The number of nitrogens with zero attached hydrogens (tertiary/aromatic N) is 1. The Bertz CT molecular complexity index is 1320. The minimum atomic E-state index is -0.504. The topological polar surface area (TPSA) is 80.2 Å². The molecule has 0 saturated carbocycles. The SMILES string of the molecule is COc1cc(/C=N/NC(=O)c2cc3ccccc3cc2O)ccc1OCc1ccc(Br)cc1. The molecule has 0 spiro atoms. The van der Waals surface area contributed by atoms with E-state index in [1.165, 1.54) is 6.21 Å². The summed E-state index contributed by atoms with van der Waals surface area (Å²) in [7, 11) is 1.56. The lowest BCUT2D eigenvalue weighted by Crippen LogP contribution is -2.17. The van der Waals surface area contributed by atoms with Crippen molar-refractivity contribution >= 4 is 38.8 Å². The number of amides is 1. The van der Waals surface area contributed by atoms with E-state index in [9.17, 15) is 9.90 Å². The van der Waals surface area contributed by atoms with Gasteiger partial charge in [-0.1, -0.05) is 52.3 Å². The van der Waals surface area contributed by atoms with Crippen molar-refractivity contribution in [2.24, 2.45) is 5.10 Å². The largest absolute Gasteiger partial charge is 0.507 e. The highest BCUT2D eigenvalue weighted by atomic mass is 79.9. The number of benzene rings is 4. The molecule has 0 aliphatic carbocycles. The Morgan fingerprint density at radius 1 is 1.00 bits per heavy atom. The molecule has 2 N–H and O–H groups in total. The standard InChI is InChI=1S/C26H21BrN2O4/c1-32-25-12-18(8-11-24(25)33-16-17-6-9-21(27)10-7-17)15-28-29-26(31)22-13-19-4-2-3-5-20(19)14-23(22)30/h2-15,30H,16H2,1H3,(H,29,31)/b28-15+. The van der Waals surface area contributed by atoms with Crippen LogP contribution in [0.5, 0.6) is 17.2 Å². The van der Waals surface area contributed by atoms with E-state index in [0.717, 1.165) is 20.8 Å². The molecule has 1 amide bonds. The van der Waals surface area contributed by atoms with Gasteiger partial charge < -0.3 is 14.6 Å². The summed E-state index contributed by atoms with van der Waals surface area (Å²) < 4.78 is 12.3. The second-order valence-electron chi connectivity index (χ2n) is 7.24. The van der Waals surface area contributed by atoms with E-state index in [1.807, 2.05) is 54.6 Å². The minimum absolute atomic E-state index is 0.102. The molecule has 4 aromatic rings. The van der Waals surface area contributed by atoms with Crippen molar-refractivity contribution in [3.05, 3.63) is 100 Å². The maximum atomic E-state index is 12.5. The van der Waals surface area contributed by atoms with E-state index in [-0.39, 0.29) is 11.3 Å². The number of fused-ring (bicyclic) bond motifs is 1. The second kappa shape index (κ2) is 10.2.